The number of carbonyl (C=O) groups excluding carboxylic acids is 1. The predicted octanol–water partition coefficient (Wildman–Crippen LogP) is 1.88. The Hall–Kier alpha value is -0.910. The number of carboxylic acids is 1. The number of nitrogens with zero attached hydrogens (tertiary/aromatic N) is 1. The van der Waals surface area contributed by atoms with Crippen molar-refractivity contribution in [3.63, 3.8) is 0 Å². The van der Waals surface area contributed by atoms with Gasteiger partial charge in [-0.3, -0.25) is 4.79 Å². The number of carboxylic acid groups (broad SMARTS) is 1. The summed E-state index contributed by atoms with van der Waals surface area (Å²) in [5, 5.41) is 11.5. The predicted molar refractivity (Wildman–Crippen MR) is 75.0 cm³/mol. The molecule has 0 radical (unpaired) electrons. The Morgan fingerprint density at radius 1 is 1.33 bits per heavy atom. The number of hydrogen-bond acceptors (Lipinski definition) is 3. The van der Waals surface area contributed by atoms with Crippen molar-refractivity contribution in [1.82, 2.24) is 10.2 Å². The van der Waals surface area contributed by atoms with E-state index < -0.39 is 11.9 Å². The third kappa shape index (κ3) is 6.74. The second-order valence-corrected chi connectivity index (χ2v) is 5.49. The van der Waals surface area contributed by atoms with Gasteiger partial charge in [-0.15, -0.1) is 0 Å². The van der Waals surface area contributed by atoms with Crippen LogP contribution in [0.25, 0.3) is 0 Å². The van der Waals surface area contributed by atoms with E-state index in [2.05, 4.69) is 5.32 Å². The Labute approximate surface area is 113 Å². The quantitative estimate of drug-likeness (QED) is 0.710. The molecule has 0 spiro atoms. The van der Waals surface area contributed by atoms with Gasteiger partial charge in [0.05, 0.1) is 5.92 Å². The van der Waals surface area contributed by atoms with E-state index in [1.165, 1.54) is 0 Å². The highest BCUT2D eigenvalue weighted by molar-refractivity contribution is 7.98. The Kier molecular flexibility index (Phi) is 8.62. The molecule has 2 N–H and O–H groups in total. The fourth-order valence-electron chi connectivity index (χ4n) is 1.33. The van der Waals surface area contributed by atoms with Crippen molar-refractivity contribution in [2.24, 2.45) is 5.92 Å². The van der Waals surface area contributed by atoms with E-state index in [0.717, 1.165) is 12.2 Å². The third-order valence-corrected chi connectivity index (χ3v) is 3.64. The molecule has 0 rings (SSSR count). The van der Waals surface area contributed by atoms with E-state index in [0.29, 0.717) is 13.0 Å². The molecule has 0 aromatic rings. The molecule has 0 aliphatic carbocycles. The molecule has 0 heterocycles. The molecule has 0 aliphatic rings. The third-order valence-electron chi connectivity index (χ3n) is 3.00. The summed E-state index contributed by atoms with van der Waals surface area (Å²) in [6, 6.07) is 0.0514. The molecular weight excluding hydrogens is 252 g/mol. The van der Waals surface area contributed by atoms with E-state index in [4.69, 9.17) is 5.11 Å². The molecule has 6 heteroatoms. The van der Waals surface area contributed by atoms with Gasteiger partial charge in [0, 0.05) is 19.6 Å². The number of carbonyl (C=O) groups is 2. The lowest BCUT2D eigenvalue weighted by Gasteiger charge is -2.25. The van der Waals surface area contributed by atoms with E-state index in [-0.39, 0.29) is 12.1 Å². The molecule has 0 saturated carbocycles. The van der Waals surface area contributed by atoms with Gasteiger partial charge >= 0.3 is 12.0 Å². The van der Waals surface area contributed by atoms with Crippen molar-refractivity contribution in [3.8, 4) is 0 Å². The summed E-state index contributed by atoms with van der Waals surface area (Å²) in [5.74, 6) is -0.232. The average Bonchev–Trinajstić information content (AvgIpc) is 2.34. The van der Waals surface area contributed by atoms with Gasteiger partial charge in [-0.25, -0.2) is 4.79 Å². The lowest BCUT2D eigenvalue weighted by Crippen LogP contribution is -2.43. The van der Waals surface area contributed by atoms with Crippen molar-refractivity contribution < 1.29 is 14.7 Å². The molecule has 2 amide bonds. The van der Waals surface area contributed by atoms with Gasteiger partial charge in [0.2, 0.25) is 0 Å². The minimum atomic E-state index is -0.828. The topological polar surface area (TPSA) is 69.6 Å². The van der Waals surface area contributed by atoms with Gasteiger partial charge in [0.25, 0.3) is 0 Å². The maximum atomic E-state index is 11.8. The smallest absolute Gasteiger partial charge is 0.317 e. The highest BCUT2D eigenvalue weighted by Crippen LogP contribution is 2.06. The lowest BCUT2D eigenvalue weighted by atomic mass is 10.1. The molecule has 18 heavy (non-hydrogen) atoms. The SMILES string of the molecule is CSCCC(C)N(C)C(=O)NCCC(C)C(=O)O. The van der Waals surface area contributed by atoms with Crippen LogP contribution in [0.3, 0.4) is 0 Å². The minimum Gasteiger partial charge on any atom is -0.481 e. The van der Waals surface area contributed by atoms with Crippen molar-refractivity contribution in [3.05, 3.63) is 0 Å². The van der Waals surface area contributed by atoms with Gasteiger partial charge in [-0.2, -0.15) is 11.8 Å². The molecule has 2 unspecified atom stereocenters. The van der Waals surface area contributed by atoms with Crippen LogP contribution in [0, 0.1) is 5.92 Å². The summed E-state index contributed by atoms with van der Waals surface area (Å²) >= 11 is 1.76. The molecule has 0 saturated heterocycles. The number of amides is 2. The van der Waals surface area contributed by atoms with Crippen LogP contribution >= 0.6 is 11.8 Å². The van der Waals surface area contributed by atoms with Crippen LogP contribution in [-0.2, 0) is 4.79 Å². The summed E-state index contributed by atoms with van der Waals surface area (Å²) in [7, 11) is 1.76. The van der Waals surface area contributed by atoms with E-state index >= 15 is 0 Å². The summed E-state index contributed by atoms with van der Waals surface area (Å²) in [4.78, 5) is 24.0. The maximum absolute atomic E-state index is 11.8. The van der Waals surface area contributed by atoms with Crippen LogP contribution in [0.4, 0.5) is 4.79 Å². The first-order chi connectivity index (χ1) is 8.40. The zero-order valence-corrected chi connectivity index (χ0v) is 12.4. The standard InChI is InChI=1S/C12H24N2O3S/c1-9(11(15)16)5-7-13-12(17)14(3)10(2)6-8-18-4/h9-10H,5-8H2,1-4H3,(H,13,17)(H,15,16). The van der Waals surface area contributed by atoms with Crippen LogP contribution in [0.15, 0.2) is 0 Å². The van der Waals surface area contributed by atoms with Gasteiger partial charge < -0.3 is 15.3 Å². The van der Waals surface area contributed by atoms with Crippen molar-refractivity contribution in [1.29, 1.82) is 0 Å². The van der Waals surface area contributed by atoms with Crippen LogP contribution < -0.4 is 5.32 Å². The highest BCUT2D eigenvalue weighted by atomic mass is 32.2. The summed E-state index contributed by atoms with van der Waals surface area (Å²) in [6.45, 7) is 4.04. The Morgan fingerprint density at radius 3 is 2.44 bits per heavy atom. The minimum absolute atomic E-state index is 0.138. The van der Waals surface area contributed by atoms with E-state index in [1.54, 1.807) is 30.6 Å². The van der Waals surface area contributed by atoms with Crippen LogP contribution in [-0.4, -0.2) is 53.6 Å². The van der Waals surface area contributed by atoms with Gasteiger partial charge in [0.1, 0.15) is 0 Å². The first-order valence-corrected chi connectivity index (χ1v) is 7.52. The monoisotopic (exact) mass is 276 g/mol. The molecule has 2 atom stereocenters. The first-order valence-electron chi connectivity index (χ1n) is 6.12. The van der Waals surface area contributed by atoms with Crippen LogP contribution in [0.2, 0.25) is 0 Å². The van der Waals surface area contributed by atoms with Gasteiger partial charge in [0.15, 0.2) is 0 Å². The molecule has 0 fully saturated rings. The Balaban J connectivity index is 3.90. The largest absolute Gasteiger partial charge is 0.481 e. The summed E-state index contributed by atoms with van der Waals surface area (Å²) < 4.78 is 0. The van der Waals surface area contributed by atoms with Gasteiger partial charge in [-0.1, -0.05) is 6.92 Å². The highest BCUT2D eigenvalue weighted by Gasteiger charge is 2.16. The number of nitrogens with one attached hydrogen (secondary N) is 1. The normalized spacial score (nSPS) is 13.8. The van der Waals surface area contributed by atoms with E-state index in [1.807, 2.05) is 13.2 Å². The molecule has 106 valence electrons. The van der Waals surface area contributed by atoms with Crippen LogP contribution in [0.5, 0.6) is 0 Å². The Bertz CT molecular complexity index is 274. The van der Waals surface area contributed by atoms with Crippen molar-refractivity contribution in [2.45, 2.75) is 32.7 Å². The molecular formula is C12H24N2O3S. The number of hydrogen-bond donors (Lipinski definition) is 2. The molecule has 5 nitrogen and oxygen atoms in total. The van der Waals surface area contributed by atoms with Gasteiger partial charge in [-0.05, 0) is 31.8 Å². The lowest BCUT2D eigenvalue weighted by molar-refractivity contribution is -0.141. The zero-order chi connectivity index (χ0) is 14.1. The average molecular weight is 276 g/mol. The fraction of sp³-hybridized carbons (Fsp3) is 0.833. The maximum Gasteiger partial charge on any atom is 0.317 e. The van der Waals surface area contributed by atoms with Crippen molar-refractivity contribution in [2.75, 3.05) is 25.6 Å². The number of rotatable bonds is 8. The molecule has 0 aromatic heterocycles. The van der Waals surface area contributed by atoms with Crippen molar-refractivity contribution >= 4 is 23.8 Å². The summed E-state index contributed by atoms with van der Waals surface area (Å²) in [6.07, 6.45) is 3.45. The Morgan fingerprint density at radius 2 is 1.94 bits per heavy atom. The molecule has 0 bridgehead atoms. The fourth-order valence-corrected chi connectivity index (χ4v) is 1.90. The second-order valence-electron chi connectivity index (χ2n) is 4.50. The second kappa shape index (κ2) is 9.08. The van der Waals surface area contributed by atoms with E-state index in [9.17, 15) is 9.59 Å². The number of aliphatic carboxylic acids is 1. The zero-order valence-electron chi connectivity index (χ0n) is 11.6. The summed E-state index contributed by atoms with van der Waals surface area (Å²) in [5.41, 5.74) is 0. The molecule has 0 aromatic carbocycles. The number of thioether (sulfide) groups is 1. The van der Waals surface area contributed by atoms with Crippen LogP contribution in [0.1, 0.15) is 26.7 Å². The molecule has 0 aliphatic heterocycles. The first kappa shape index (κ1) is 17.1. The number of urea groups is 1.